The predicted octanol–water partition coefficient (Wildman–Crippen LogP) is 0.302. The largest absolute Gasteiger partial charge is 0.242 e. The maximum absolute atomic E-state index is 5.64. The number of halogens is 1. The van der Waals surface area contributed by atoms with Crippen molar-refractivity contribution in [2.24, 2.45) is 0 Å². The molecule has 0 N–H and O–H groups in total. The van der Waals surface area contributed by atoms with Crippen LogP contribution >= 0.6 is 11.6 Å². The Balaban J connectivity index is 3.17. The lowest BCUT2D eigenvalue weighted by Crippen LogP contribution is -2.03. The molecule has 1 aromatic heterocycles. The van der Waals surface area contributed by atoms with Gasteiger partial charge in [0.05, 0.1) is 0 Å². The van der Waals surface area contributed by atoms with Gasteiger partial charge in [-0.05, 0) is 19.1 Å². The van der Waals surface area contributed by atoms with Crippen LogP contribution in [0.2, 0.25) is 5.15 Å². The lowest BCUT2D eigenvalue weighted by molar-refractivity contribution is 1.21. The highest BCUT2D eigenvalue weighted by Gasteiger charge is 1.90. The molecule has 1 rings (SSSR count). The zero-order valence-electron chi connectivity index (χ0n) is 5.48. The summed E-state index contributed by atoms with van der Waals surface area (Å²) in [7, 11) is 2.00. The molecule has 0 bridgehead atoms. The minimum Gasteiger partial charge on any atom is -0.242 e. The predicted molar refractivity (Wildman–Crippen MR) is 42.2 cm³/mol. The highest BCUT2D eigenvalue weighted by molar-refractivity contribution is 6.35. The van der Waals surface area contributed by atoms with Gasteiger partial charge >= 0.3 is 0 Å². The molecule has 1 nitrogen and oxygen atoms in total. The number of nitrogens with zero attached hydrogens (tertiary/aromatic N) is 1. The van der Waals surface area contributed by atoms with Crippen LogP contribution in [0.4, 0.5) is 0 Å². The fraction of sp³-hybridized carbons (Fsp3) is 0.167. The smallest absolute Gasteiger partial charge is 0.139 e. The van der Waals surface area contributed by atoms with Crippen LogP contribution in [-0.4, -0.2) is 12.8 Å². The van der Waals surface area contributed by atoms with Gasteiger partial charge in [0.25, 0.3) is 0 Å². The monoisotopic (exact) mass is 139 g/mol. The fourth-order valence-corrected chi connectivity index (χ4v) is 1.10. The minimum atomic E-state index is 0.576. The second kappa shape index (κ2) is 2.40. The normalized spacial score (nSPS) is 9.56. The number of pyridine rings is 1. The Morgan fingerprint density at radius 1 is 1.56 bits per heavy atom. The van der Waals surface area contributed by atoms with Gasteiger partial charge in [0.15, 0.2) is 0 Å². The van der Waals surface area contributed by atoms with Crippen LogP contribution in [0.25, 0.3) is 0 Å². The van der Waals surface area contributed by atoms with Crippen LogP contribution in [-0.2, 0) is 0 Å². The summed E-state index contributed by atoms with van der Waals surface area (Å²) < 4.78 is 0. The topological polar surface area (TPSA) is 12.9 Å². The SMILES string of the molecule is Bc1cc(C)nc(Cl)c1. The van der Waals surface area contributed by atoms with E-state index in [1.54, 1.807) is 0 Å². The second-order valence-corrected chi connectivity index (χ2v) is 2.50. The molecule has 0 atom stereocenters. The van der Waals surface area contributed by atoms with E-state index in [2.05, 4.69) is 4.98 Å². The Hall–Kier alpha value is -0.495. The van der Waals surface area contributed by atoms with Gasteiger partial charge in [-0.15, -0.1) is 0 Å². The molecule has 0 aliphatic carbocycles. The summed E-state index contributed by atoms with van der Waals surface area (Å²) >= 11 is 5.64. The Morgan fingerprint density at radius 2 is 2.22 bits per heavy atom. The van der Waals surface area contributed by atoms with Gasteiger partial charge in [-0.2, -0.15) is 0 Å². The first kappa shape index (κ1) is 6.62. The van der Waals surface area contributed by atoms with Crippen LogP contribution in [0, 0.1) is 6.92 Å². The average Bonchev–Trinajstić information content (AvgIpc) is 1.59. The van der Waals surface area contributed by atoms with Gasteiger partial charge in [0.2, 0.25) is 0 Å². The molecule has 0 amide bonds. The van der Waals surface area contributed by atoms with Gasteiger partial charge < -0.3 is 0 Å². The van der Waals surface area contributed by atoms with Crippen molar-refractivity contribution in [1.29, 1.82) is 0 Å². The quantitative estimate of drug-likeness (QED) is 0.372. The van der Waals surface area contributed by atoms with E-state index in [0.717, 1.165) is 11.2 Å². The van der Waals surface area contributed by atoms with Crippen molar-refractivity contribution in [2.45, 2.75) is 6.92 Å². The summed E-state index contributed by atoms with van der Waals surface area (Å²) in [5, 5.41) is 0.576. The number of aromatic nitrogens is 1. The first-order valence-electron chi connectivity index (χ1n) is 2.79. The third kappa shape index (κ3) is 1.72. The molecule has 0 radical (unpaired) electrons. The maximum Gasteiger partial charge on any atom is 0.139 e. The van der Waals surface area contributed by atoms with E-state index < -0.39 is 0 Å². The molecule has 9 heavy (non-hydrogen) atoms. The highest BCUT2D eigenvalue weighted by atomic mass is 35.5. The van der Waals surface area contributed by atoms with Gasteiger partial charge in [-0.25, -0.2) is 4.98 Å². The van der Waals surface area contributed by atoms with Gasteiger partial charge in [-0.3, -0.25) is 0 Å². The molecule has 0 unspecified atom stereocenters. The molecule has 1 heterocycles. The third-order valence-corrected chi connectivity index (χ3v) is 1.26. The van der Waals surface area contributed by atoms with Crippen molar-refractivity contribution in [3.63, 3.8) is 0 Å². The van der Waals surface area contributed by atoms with Crippen molar-refractivity contribution in [3.8, 4) is 0 Å². The fourth-order valence-electron chi connectivity index (χ4n) is 0.792. The lowest BCUT2D eigenvalue weighted by atomic mass is 9.97. The number of rotatable bonds is 0. The summed E-state index contributed by atoms with van der Waals surface area (Å²) in [6, 6.07) is 3.83. The summed E-state index contributed by atoms with van der Waals surface area (Å²) in [5.41, 5.74) is 2.13. The molecule has 0 spiro atoms. The Kier molecular flexibility index (Phi) is 1.77. The molecular formula is C6H7BClN. The first-order chi connectivity index (χ1) is 4.18. The summed E-state index contributed by atoms with van der Waals surface area (Å²) in [6.45, 7) is 1.93. The molecule has 0 saturated carbocycles. The van der Waals surface area contributed by atoms with Gasteiger partial charge in [-0.1, -0.05) is 17.1 Å². The molecule has 0 aromatic carbocycles. The third-order valence-electron chi connectivity index (χ3n) is 1.07. The van der Waals surface area contributed by atoms with Crippen LogP contribution < -0.4 is 5.46 Å². The van der Waals surface area contributed by atoms with Gasteiger partial charge in [0, 0.05) is 5.69 Å². The molecule has 1 aromatic rings. The van der Waals surface area contributed by atoms with E-state index in [-0.39, 0.29) is 0 Å². The maximum atomic E-state index is 5.64. The summed E-state index contributed by atoms with van der Waals surface area (Å²) in [6.07, 6.45) is 0. The van der Waals surface area contributed by atoms with Gasteiger partial charge in [0.1, 0.15) is 13.0 Å². The first-order valence-corrected chi connectivity index (χ1v) is 3.17. The molecule has 0 fully saturated rings. The van der Waals surface area contributed by atoms with Crippen molar-refractivity contribution in [1.82, 2.24) is 4.98 Å². The van der Waals surface area contributed by atoms with Crippen molar-refractivity contribution in [3.05, 3.63) is 23.0 Å². The number of hydrogen-bond donors (Lipinski definition) is 0. The lowest BCUT2D eigenvalue weighted by Gasteiger charge is -1.94. The number of hydrogen-bond acceptors (Lipinski definition) is 1. The molecular weight excluding hydrogens is 132 g/mol. The van der Waals surface area contributed by atoms with Crippen LogP contribution in [0.3, 0.4) is 0 Å². The van der Waals surface area contributed by atoms with E-state index >= 15 is 0 Å². The Labute approximate surface area is 60.5 Å². The van der Waals surface area contributed by atoms with E-state index in [1.807, 2.05) is 26.9 Å². The highest BCUT2D eigenvalue weighted by Crippen LogP contribution is 2.00. The molecule has 0 saturated heterocycles. The van der Waals surface area contributed by atoms with Crippen molar-refractivity contribution in [2.75, 3.05) is 0 Å². The zero-order valence-corrected chi connectivity index (χ0v) is 6.24. The standard InChI is InChI=1S/C6H7BClN/c1-4-2-5(7)3-6(8)9-4/h2-3H,7H2,1H3. The summed E-state index contributed by atoms with van der Waals surface area (Å²) in [5.74, 6) is 0. The number of aryl methyl sites for hydroxylation is 1. The van der Waals surface area contributed by atoms with Crippen molar-refractivity contribution < 1.29 is 0 Å². The molecule has 0 aliphatic heterocycles. The Bertz CT molecular complexity index is 174. The van der Waals surface area contributed by atoms with E-state index in [4.69, 9.17) is 11.6 Å². The summed E-state index contributed by atoms with van der Waals surface area (Å²) in [4.78, 5) is 4.00. The van der Waals surface area contributed by atoms with Crippen LogP contribution in [0.15, 0.2) is 12.1 Å². The molecule has 0 aliphatic rings. The molecule has 46 valence electrons. The Morgan fingerprint density at radius 3 is 2.67 bits per heavy atom. The average molecular weight is 139 g/mol. The minimum absolute atomic E-state index is 0.576. The second-order valence-electron chi connectivity index (χ2n) is 2.11. The van der Waals surface area contributed by atoms with Crippen LogP contribution in [0.5, 0.6) is 0 Å². The van der Waals surface area contributed by atoms with E-state index in [1.165, 1.54) is 0 Å². The van der Waals surface area contributed by atoms with Crippen LogP contribution in [0.1, 0.15) is 5.69 Å². The van der Waals surface area contributed by atoms with E-state index in [0.29, 0.717) is 5.15 Å². The molecule has 3 heteroatoms. The van der Waals surface area contributed by atoms with E-state index in [9.17, 15) is 0 Å². The van der Waals surface area contributed by atoms with Crippen molar-refractivity contribution >= 4 is 24.9 Å². The zero-order chi connectivity index (χ0) is 6.85.